The molecule has 20 heavy (non-hydrogen) atoms. The zero-order valence-electron chi connectivity index (χ0n) is 12.0. The van der Waals surface area contributed by atoms with Gasteiger partial charge in [0, 0.05) is 52.1 Å². The van der Waals surface area contributed by atoms with Crippen LogP contribution in [0.2, 0.25) is 0 Å². The number of nitrogens with one attached hydrogen (secondary N) is 1. The number of piperazine rings is 1. The number of pyridine rings is 1. The monoisotopic (exact) mass is 276 g/mol. The molecule has 2 N–H and O–H groups in total. The topological polar surface area (TPSA) is 51.6 Å². The molecular formula is C15H24N4O. The summed E-state index contributed by atoms with van der Waals surface area (Å²) in [6, 6.07) is 4.22. The second-order valence-corrected chi connectivity index (χ2v) is 5.70. The molecule has 2 aliphatic heterocycles. The minimum atomic E-state index is 0.320. The fraction of sp³-hybridized carbons (Fsp3) is 0.667. The van der Waals surface area contributed by atoms with Gasteiger partial charge in [0.15, 0.2) is 5.82 Å². The van der Waals surface area contributed by atoms with Crippen LogP contribution in [0.1, 0.15) is 12.8 Å². The van der Waals surface area contributed by atoms with Crippen molar-refractivity contribution in [1.29, 1.82) is 0 Å². The van der Waals surface area contributed by atoms with Crippen molar-refractivity contribution < 1.29 is 5.11 Å². The Morgan fingerprint density at radius 2 is 1.90 bits per heavy atom. The normalized spacial score (nSPS) is 21.2. The number of hydrogen-bond acceptors (Lipinski definition) is 5. The standard InChI is InChI=1S/C15H24N4O/c20-12-13-3-8-19(9-4-13)15-14(2-1-5-17-15)18-10-6-16-7-11-18/h1-2,5,13,16,20H,3-4,6-12H2. The van der Waals surface area contributed by atoms with E-state index in [2.05, 4.69) is 26.2 Å². The van der Waals surface area contributed by atoms with Gasteiger partial charge in [-0.05, 0) is 30.9 Å². The van der Waals surface area contributed by atoms with Gasteiger partial charge in [0.25, 0.3) is 0 Å². The van der Waals surface area contributed by atoms with Gasteiger partial charge in [0.1, 0.15) is 0 Å². The molecule has 0 saturated carbocycles. The summed E-state index contributed by atoms with van der Waals surface area (Å²) in [6.45, 7) is 6.50. The predicted molar refractivity (Wildman–Crippen MR) is 81.3 cm³/mol. The molecule has 3 rings (SSSR count). The first kappa shape index (κ1) is 13.6. The van der Waals surface area contributed by atoms with E-state index in [4.69, 9.17) is 0 Å². The minimum Gasteiger partial charge on any atom is -0.396 e. The Bertz CT molecular complexity index is 426. The van der Waals surface area contributed by atoms with Gasteiger partial charge in [-0.2, -0.15) is 0 Å². The molecule has 2 fully saturated rings. The first-order valence-corrected chi connectivity index (χ1v) is 7.65. The van der Waals surface area contributed by atoms with Crippen LogP contribution in [0, 0.1) is 5.92 Å². The minimum absolute atomic E-state index is 0.320. The molecule has 1 aromatic heterocycles. The highest BCUT2D eigenvalue weighted by molar-refractivity contribution is 5.67. The molecular weight excluding hydrogens is 252 g/mol. The van der Waals surface area contributed by atoms with Crippen LogP contribution in [-0.2, 0) is 0 Å². The first-order valence-electron chi connectivity index (χ1n) is 7.65. The summed E-state index contributed by atoms with van der Waals surface area (Å²) >= 11 is 0. The van der Waals surface area contributed by atoms with Crippen molar-refractivity contribution in [1.82, 2.24) is 10.3 Å². The smallest absolute Gasteiger partial charge is 0.152 e. The van der Waals surface area contributed by atoms with Crippen LogP contribution in [0.25, 0.3) is 0 Å². The van der Waals surface area contributed by atoms with E-state index in [9.17, 15) is 5.11 Å². The van der Waals surface area contributed by atoms with Crippen molar-refractivity contribution >= 4 is 11.5 Å². The van der Waals surface area contributed by atoms with Crippen LogP contribution >= 0.6 is 0 Å². The van der Waals surface area contributed by atoms with E-state index in [0.717, 1.165) is 57.9 Å². The lowest BCUT2D eigenvalue weighted by Crippen LogP contribution is -2.44. The van der Waals surface area contributed by atoms with Crippen molar-refractivity contribution in [3.63, 3.8) is 0 Å². The molecule has 1 aromatic rings. The molecule has 2 saturated heterocycles. The van der Waals surface area contributed by atoms with Crippen molar-refractivity contribution in [2.24, 2.45) is 5.92 Å². The Labute approximate surface area is 120 Å². The number of aromatic nitrogens is 1. The second-order valence-electron chi connectivity index (χ2n) is 5.70. The van der Waals surface area contributed by atoms with E-state index >= 15 is 0 Å². The molecule has 0 bridgehead atoms. The van der Waals surface area contributed by atoms with E-state index in [0.29, 0.717) is 12.5 Å². The molecule has 2 aliphatic rings. The van der Waals surface area contributed by atoms with Gasteiger partial charge in [0.05, 0.1) is 5.69 Å². The molecule has 0 spiro atoms. The summed E-state index contributed by atoms with van der Waals surface area (Å²) in [5, 5.41) is 12.7. The van der Waals surface area contributed by atoms with Crippen molar-refractivity contribution in [3.8, 4) is 0 Å². The summed E-state index contributed by atoms with van der Waals surface area (Å²) in [7, 11) is 0. The molecule has 0 unspecified atom stereocenters. The molecule has 3 heterocycles. The van der Waals surface area contributed by atoms with Crippen LogP contribution in [-0.4, -0.2) is 56.0 Å². The Hall–Kier alpha value is -1.33. The zero-order valence-corrected chi connectivity index (χ0v) is 12.0. The average molecular weight is 276 g/mol. The Morgan fingerprint density at radius 1 is 1.15 bits per heavy atom. The quantitative estimate of drug-likeness (QED) is 0.851. The SMILES string of the molecule is OCC1CCN(c2ncccc2N2CCNCC2)CC1. The lowest BCUT2D eigenvalue weighted by atomic mass is 9.98. The molecule has 110 valence electrons. The highest BCUT2D eigenvalue weighted by Gasteiger charge is 2.23. The third-order valence-corrected chi connectivity index (χ3v) is 4.40. The summed E-state index contributed by atoms with van der Waals surface area (Å²) < 4.78 is 0. The van der Waals surface area contributed by atoms with Crippen molar-refractivity contribution in [2.75, 3.05) is 55.7 Å². The Balaban J connectivity index is 1.75. The fourth-order valence-electron chi connectivity index (χ4n) is 3.11. The van der Waals surface area contributed by atoms with Gasteiger partial charge in [-0.1, -0.05) is 0 Å². The van der Waals surface area contributed by atoms with Crippen LogP contribution < -0.4 is 15.1 Å². The van der Waals surface area contributed by atoms with Gasteiger partial charge in [-0.3, -0.25) is 0 Å². The van der Waals surface area contributed by atoms with Gasteiger partial charge < -0.3 is 20.2 Å². The lowest BCUT2D eigenvalue weighted by molar-refractivity contribution is 0.203. The third-order valence-electron chi connectivity index (χ3n) is 4.40. The van der Waals surface area contributed by atoms with Gasteiger partial charge in [-0.15, -0.1) is 0 Å². The summed E-state index contributed by atoms with van der Waals surface area (Å²) in [5.41, 5.74) is 1.26. The number of piperidine rings is 1. The highest BCUT2D eigenvalue weighted by atomic mass is 16.3. The number of rotatable bonds is 3. The summed E-state index contributed by atoms with van der Waals surface area (Å²) in [6.07, 6.45) is 4.02. The molecule has 5 nitrogen and oxygen atoms in total. The maximum atomic E-state index is 9.26. The Morgan fingerprint density at radius 3 is 2.60 bits per heavy atom. The van der Waals surface area contributed by atoms with E-state index in [1.54, 1.807) is 0 Å². The van der Waals surface area contributed by atoms with Gasteiger partial charge in [-0.25, -0.2) is 4.98 Å². The fourth-order valence-corrected chi connectivity index (χ4v) is 3.11. The predicted octanol–water partition coefficient (Wildman–Crippen LogP) is 0.700. The van der Waals surface area contributed by atoms with Crippen LogP contribution in [0.4, 0.5) is 11.5 Å². The number of anilines is 2. The summed E-state index contributed by atoms with van der Waals surface area (Å²) in [5.74, 6) is 1.59. The van der Waals surface area contributed by atoms with Gasteiger partial charge in [0.2, 0.25) is 0 Å². The second kappa shape index (κ2) is 6.41. The lowest BCUT2D eigenvalue weighted by Gasteiger charge is -2.36. The largest absolute Gasteiger partial charge is 0.396 e. The van der Waals surface area contributed by atoms with Gasteiger partial charge >= 0.3 is 0 Å². The van der Waals surface area contributed by atoms with E-state index in [-0.39, 0.29) is 0 Å². The van der Waals surface area contributed by atoms with Crippen LogP contribution in [0.3, 0.4) is 0 Å². The van der Waals surface area contributed by atoms with E-state index < -0.39 is 0 Å². The molecule has 0 radical (unpaired) electrons. The number of aliphatic hydroxyl groups is 1. The molecule has 0 aromatic carbocycles. The number of hydrogen-bond donors (Lipinski definition) is 2. The maximum absolute atomic E-state index is 9.26. The van der Waals surface area contributed by atoms with E-state index in [1.807, 2.05) is 12.3 Å². The third kappa shape index (κ3) is 2.88. The molecule has 0 amide bonds. The maximum Gasteiger partial charge on any atom is 0.152 e. The van der Waals surface area contributed by atoms with Crippen LogP contribution in [0.15, 0.2) is 18.3 Å². The average Bonchev–Trinajstić information content (AvgIpc) is 2.56. The molecule has 0 aliphatic carbocycles. The van der Waals surface area contributed by atoms with Crippen LogP contribution in [0.5, 0.6) is 0 Å². The van der Waals surface area contributed by atoms with Crippen molar-refractivity contribution in [2.45, 2.75) is 12.8 Å². The zero-order chi connectivity index (χ0) is 13.8. The number of nitrogens with zero attached hydrogens (tertiary/aromatic N) is 3. The molecule has 5 heteroatoms. The first-order chi connectivity index (χ1) is 9.88. The molecule has 0 atom stereocenters. The van der Waals surface area contributed by atoms with E-state index in [1.165, 1.54) is 5.69 Å². The highest BCUT2D eigenvalue weighted by Crippen LogP contribution is 2.30. The summed E-state index contributed by atoms with van der Waals surface area (Å²) in [4.78, 5) is 9.44. The number of aliphatic hydroxyl groups excluding tert-OH is 1. The van der Waals surface area contributed by atoms with Crippen molar-refractivity contribution in [3.05, 3.63) is 18.3 Å². The Kier molecular flexibility index (Phi) is 4.38.